The summed E-state index contributed by atoms with van der Waals surface area (Å²) in [5.41, 5.74) is 1.21. The molecule has 0 aromatic heterocycles. The fourth-order valence-electron chi connectivity index (χ4n) is 3.56. The van der Waals surface area contributed by atoms with Crippen LogP contribution in [0.15, 0.2) is 24.3 Å². The standard InChI is InChI=1S/C19H24N2O5/c22-17-5-2-9-20(17)16-4-1-3-14(13-16)19(25)21(10-6-18(23)24)15-7-11-26-12-8-15/h1,3-4,13,15H,2,5-12H2,(H,23,24). The summed E-state index contributed by atoms with van der Waals surface area (Å²) in [7, 11) is 0. The van der Waals surface area contributed by atoms with Crippen LogP contribution in [0.25, 0.3) is 0 Å². The maximum Gasteiger partial charge on any atom is 0.305 e. The molecule has 0 unspecified atom stereocenters. The second kappa shape index (κ2) is 8.31. The van der Waals surface area contributed by atoms with Gasteiger partial charge in [-0.15, -0.1) is 0 Å². The Hall–Kier alpha value is -2.41. The summed E-state index contributed by atoms with van der Waals surface area (Å²) in [5.74, 6) is -1.04. The molecule has 140 valence electrons. The number of aliphatic carboxylic acids is 1. The third-order valence-electron chi connectivity index (χ3n) is 4.94. The van der Waals surface area contributed by atoms with Gasteiger partial charge in [0.05, 0.1) is 6.42 Å². The van der Waals surface area contributed by atoms with Crippen LogP contribution in [0.1, 0.15) is 42.5 Å². The number of hydrogen-bond acceptors (Lipinski definition) is 4. The monoisotopic (exact) mass is 360 g/mol. The van der Waals surface area contributed by atoms with E-state index in [2.05, 4.69) is 0 Å². The van der Waals surface area contributed by atoms with Crippen molar-refractivity contribution in [1.82, 2.24) is 4.90 Å². The molecule has 3 rings (SSSR count). The van der Waals surface area contributed by atoms with Crippen LogP contribution >= 0.6 is 0 Å². The molecule has 2 aliphatic heterocycles. The molecule has 2 amide bonds. The van der Waals surface area contributed by atoms with Gasteiger partial charge in [-0.2, -0.15) is 0 Å². The molecule has 7 nitrogen and oxygen atoms in total. The Balaban J connectivity index is 1.80. The third kappa shape index (κ3) is 4.22. The van der Waals surface area contributed by atoms with E-state index in [-0.39, 0.29) is 30.8 Å². The molecule has 0 aliphatic carbocycles. The Kier molecular flexibility index (Phi) is 5.88. The number of carbonyl (C=O) groups is 3. The van der Waals surface area contributed by atoms with E-state index in [1.165, 1.54) is 0 Å². The predicted molar refractivity (Wildman–Crippen MR) is 95.2 cm³/mol. The fraction of sp³-hybridized carbons (Fsp3) is 0.526. The molecule has 2 aliphatic rings. The van der Waals surface area contributed by atoms with Gasteiger partial charge in [-0.05, 0) is 37.5 Å². The third-order valence-corrected chi connectivity index (χ3v) is 4.94. The van der Waals surface area contributed by atoms with Gasteiger partial charge in [0.2, 0.25) is 5.91 Å². The van der Waals surface area contributed by atoms with Crippen LogP contribution in [0.5, 0.6) is 0 Å². The van der Waals surface area contributed by atoms with E-state index in [0.29, 0.717) is 44.6 Å². The topological polar surface area (TPSA) is 87.2 Å². The van der Waals surface area contributed by atoms with Gasteiger partial charge in [0.25, 0.3) is 5.91 Å². The largest absolute Gasteiger partial charge is 0.481 e. The number of nitrogens with zero attached hydrogens (tertiary/aromatic N) is 2. The van der Waals surface area contributed by atoms with Gasteiger partial charge >= 0.3 is 5.97 Å². The van der Waals surface area contributed by atoms with Crippen LogP contribution in [0.2, 0.25) is 0 Å². The highest BCUT2D eigenvalue weighted by Gasteiger charge is 2.28. The summed E-state index contributed by atoms with van der Waals surface area (Å²) in [4.78, 5) is 39.4. The van der Waals surface area contributed by atoms with Crippen LogP contribution in [-0.2, 0) is 14.3 Å². The molecule has 2 fully saturated rings. The van der Waals surface area contributed by atoms with Crippen molar-refractivity contribution in [3.8, 4) is 0 Å². The quantitative estimate of drug-likeness (QED) is 0.837. The summed E-state index contributed by atoms with van der Waals surface area (Å²) >= 11 is 0. The maximum atomic E-state index is 13.1. The summed E-state index contributed by atoms with van der Waals surface area (Å²) in [6, 6.07) is 7.04. The first-order valence-corrected chi connectivity index (χ1v) is 9.07. The molecule has 0 atom stereocenters. The number of benzene rings is 1. The molecule has 1 aromatic rings. The summed E-state index contributed by atoms with van der Waals surface area (Å²) < 4.78 is 5.36. The maximum absolute atomic E-state index is 13.1. The van der Waals surface area contributed by atoms with E-state index < -0.39 is 5.97 Å². The van der Waals surface area contributed by atoms with Crippen molar-refractivity contribution in [2.45, 2.75) is 38.1 Å². The van der Waals surface area contributed by atoms with Crippen LogP contribution in [0.3, 0.4) is 0 Å². The minimum absolute atomic E-state index is 0.0207. The SMILES string of the molecule is O=C(O)CCN(C(=O)c1cccc(N2CCCC2=O)c1)C1CCOCC1. The molecule has 26 heavy (non-hydrogen) atoms. The Morgan fingerprint density at radius 3 is 2.69 bits per heavy atom. The lowest BCUT2D eigenvalue weighted by atomic mass is 10.0. The minimum atomic E-state index is -0.925. The second-order valence-corrected chi connectivity index (χ2v) is 6.69. The number of amides is 2. The van der Waals surface area contributed by atoms with Crippen molar-refractivity contribution in [3.05, 3.63) is 29.8 Å². The van der Waals surface area contributed by atoms with E-state index in [1.54, 1.807) is 28.0 Å². The summed E-state index contributed by atoms with van der Waals surface area (Å²) in [5, 5.41) is 9.02. The normalized spacial score (nSPS) is 18.2. The van der Waals surface area contributed by atoms with Gasteiger partial charge in [-0.25, -0.2) is 0 Å². The zero-order valence-corrected chi connectivity index (χ0v) is 14.7. The zero-order chi connectivity index (χ0) is 18.5. The molecule has 1 N–H and O–H groups in total. The average Bonchev–Trinajstić information content (AvgIpc) is 3.08. The molecule has 1 aromatic carbocycles. The number of ether oxygens (including phenoxy) is 1. The fourth-order valence-corrected chi connectivity index (χ4v) is 3.56. The van der Waals surface area contributed by atoms with Crippen molar-refractivity contribution < 1.29 is 24.2 Å². The predicted octanol–water partition coefficient (Wildman–Crippen LogP) is 1.91. The number of carboxylic acid groups (broad SMARTS) is 1. The first kappa shape index (κ1) is 18.4. The van der Waals surface area contributed by atoms with Gasteiger partial charge in [0, 0.05) is 50.0 Å². The molecule has 0 spiro atoms. The van der Waals surface area contributed by atoms with E-state index in [1.807, 2.05) is 6.07 Å². The van der Waals surface area contributed by atoms with E-state index >= 15 is 0 Å². The van der Waals surface area contributed by atoms with Gasteiger partial charge in [-0.1, -0.05) is 6.07 Å². The average molecular weight is 360 g/mol. The summed E-state index contributed by atoms with van der Waals surface area (Å²) in [6.45, 7) is 1.98. The van der Waals surface area contributed by atoms with Crippen molar-refractivity contribution in [3.63, 3.8) is 0 Å². The zero-order valence-electron chi connectivity index (χ0n) is 14.7. The van der Waals surface area contributed by atoms with Crippen LogP contribution in [0.4, 0.5) is 5.69 Å². The number of anilines is 1. The van der Waals surface area contributed by atoms with Crippen LogP contribution in [-0.4, -0.2) is 60.1 Å². The molecule has 7 heteroatoms. The van der Waals surface area contributed by atoms with Crippen molar-refractivity contribution in [1.29, 1.82) is 0 Å². The minimum Gasteiger partial charge on any atom is -0.481 e. The molecule has 0 bridgehead atoms. The van der Waals surface area contributed by atoms with E-state index in [0.717, 1.165) is 12.1 Å². The first-order chi connectivity index (χ1) is 12.6. The van der Waals surface area contributed by atoms with Crippen LogP contribution < -0.4 is 4.90 Å². The van der Waals surface area contributed by atoms with Gasteiger partial charge < -0.3 is 19.6 Å². The lowest BCUT2D eigenvalue weighted by molar-refractivity contribution is -0.137. The highest BCUT2D eigenvalue weighted by Crippen LogP contribution is 2.24. The van der Waals surface area contributed by atoms with Gasteiger partial charge in [0.15, 0.2) is 0 Å². The molecule has 0 saturated carbocycles. The molecule has 2 saturated heterocycles. The molecular formula is C19H24N2O5. The number of hydrogen-bond donors (Lipinski definition) is 1. The Morgan fingerprint density at radius 1 is 1.27 bits per heavy atom. The second-order valence-electron chi connectivity index (χ2n) is 6.69. The number of carboxylic acids is 1. The smallest absolute Gasteiger partial charge is 0.305 e. The Morgan fingerprint density at radius 2 is 2.04 bits per heavy atom. The Bertz CT molecular complexity index is 684. The van der Waals surface area contributed by atoms with Gasteiger partial charge in [-0.3, -0.25) is 14.4 Å². The Labute approximate surface area is 152 Å². The molecule has 0 radical (unpaired) electrons. The highest BCUT2D eigenvalue weighted by molar-refractivity contribution is 5.99. The van der Waals surface area contributed by atoms with E-state index in [4.69, 9.17) is 9.84 Å². The highest BCUT2D eigenvalue weighted by atomic mass is 16.5. The van der Waals surface area contributed by atoms with Crippen molar-refractivity contribution in [2.75, 3.05) is 31.2 Å². The lowest BCUT2D eigenvalue weighted by Gasteiger charge is -2.34. The number of carbonyl (C=O) groups excluding carboxylic acids is 2. The molecular weight excluding hydrogens is 336 g/mol. The van der Waals surface area contributed by atoms with Crippen molar-refractivity contribution in [2.24, 2.45) is 0 Å². The lowest BCUT2D eigenvalue weighted by Crippen LogP contribution is -2.44. The number of rotatable bonds is 6. The van der Waals surface area contributed by atoms with E-state index in [9.17, 15) is 14.4 Å². The van der Waals surface area contributed by atoms with Gasteiger partial charge in [0.1, 0.15) is 0 Å². The summed E-state index contributed by atoms with van der Waals surface area (Å²) in [6.07, 6.45) is 2.67. The van der Waals surface area contributed by atoms with Crippen LogP contribution in [0, 0.1) is 0 Å². The van der Waals surface area contributed by atoms with Crippen molar-refractivity contribution >= 4 is 23.5 Å². The first-order valence-electron chi connectivity index (χ1n) is 9.07. The molecule has 2 heterocycles.